The fourth-order valence-electron chi connectivity index (χ4n) is 2.87. The van der Waals surface area contributed by atoms with Crippen LogP contribution in [0.1, 0.15) is 29.1 Å². The number of carbonyl (C=O) groups excluding carboxylic acids is 3. The lowest BCUT2D eigenvalue weighted by Gasteiger charge is -2.18. The third-order valence-electron chi connectivity index (χ3n) is 4.07. The van der Waals surface area contributed by atoms with Gasteiger partial charge in [-0.2, -0.15) is 0 Å². The second kappa shape index (κ2) is 8.52. The minimum Gasteiger partial charge on any atom is -0.483 e. The van der Waals surface area contributed by atoms with E-state index in [1.165, 1.54) is 7.11 Å². The number of ether oxygens (including phenoxy) is 4. The van der Waals surface area contributed by atoms with Gasteiger partial charge in [0.05, 0.1) is 12.8 Å². The first-order valence-corrected chi connectivity index (χ1v) is 9.72. The Morgan fingerprint density at radius 3 is 2.76 bits per heavy atom. The highest BCUT2D eigenvalue weighted by molar-refractivity contribution is 7.12. The van der Waals surface area contributed by atoms with Gasteiger partial charge in [-0.15, -0.1) is 11.3 Å². The minimum absolute atomic E-state index is 0.261. The van der Waals surface area contributed by atoms with Gasteiger partial charge in [0.25, 0.3) is 5.91 Å². The van der Waals surface area contributed by atoms with E-state index in [4.69, 9.17) is 14.2 Å². The second-order valence-corrected chi connectivity index (χ2v) is 7.85. The van der Waals surface area contributed by atoms with Gasteiger partial charge in [-0.05, 0) is 31.4 Å². The Labute approximate surface area is 171 Å². The standard InChI is InChI=1S/C20H21NO7S/c1-20(2)9-12-5-4-6-14(17(12)28-20)26-11-16(23)27-10-15(22)21-13-7-8-29-18(13)19(24)25-3/h4-8H,9-11H2,1-3H3,(H,21,22). The van der Waals surface area contributed by atoms with Crippen LogP contribution in [-0.2, 0) is 25.5 Å². The summed E-state index contributed by atoms with van der Waals surface area (Å²) in [7, 11) is 1.25. The molecule has 3 rings (SSSR count). The number of carbonyl (C=O) groups is 3. The first-order chi connectivity index (χ1) is 13.8. The van der Waals surface area contributed by atoms with Gasteiger partial charge in [-0.1, -0.05) is 12.1 Å². The molecule has 1 aliphatic heterocycles. The SMILES string of the molecule is COC(=O)c1sccc1NC(=O)COC(=O)COc1cccc2c1OC(C)(C)C2. The Balaban J connectivity index is 1.48. The van der Waals surface area contributed by atoms with E-state index in [9.17, 15) is 14.4 Å². The van der Waals surface area contributed by atoms with E-state index in [0.29, 0.717) is 17.2 Å². The van der Waals surface area contributed by atoms with Crippen LogP contribution in [0.4, 0.5) is 5.69 Å². The van der Waals surface area contributed by atoms with Crippen molar-refractivity contribution in [3.05, 3.63) is 40.1 Å². The van der Waals surface area contributed by atoms with Gasteiger partial charge in [0, 0.05) is 12.0 Å². The molecule has 8 nitrogen and oxygen atoms in total. The summed E-state index contributed by atoms with van der Waals surface area (Å²) in [5.74, 6) is -0.756. The molecule has 0 spiro atoms. The summed E-state index contributed by atoms with van der Waals surface area (Å²) in [6, 6.07) is 7.06. The molecule has 9 heteroatoms. The predicted octanol–water partition coefficient (Wildman–Crippen LogP) is 2.81. The molecule has 2 aromatic rings. The molecule has 0 unspecified atom stereocenters. The number of nitrogens with one attached hydrogen (secondary N) is 1. The summed E-state index contributed by atoms with van der Waals surface area (Å²) in [5.41, 5.74) is 0.988. The zero-order chi connectivity index (χ0) is 21.0. The Hall–Kier alpha value is -3.07. The smallest absolute Gasteiger partial charge is 0.350 e. The fraction of sp³-hybridized carbons (Fsp3) is 0.350. The van der Waals surface area contributed by atoms with Crippen molar-refractivity contribution < 1.29 is 33.3 Å². The lowest BCUT2D eigenvalue weighted by molar-refractivity contribution is -0.149. The highest BCUT2D eigenvalue weighted by atomic mass is 32.1. The highest BCUT2D eigenvalue weighted by Gasteiger charge is 2.32. The van der Waals surface area contributed by atoms with Gasteiger partial charge in [-0.3, -0.25) is 4.79 Å². The van der Waals surface area contributed by atoms with E-state index in [2.05, 4.69) is 10.1 Å². The summed E-state index contributed by atoms with van der Waals surface area (Å²) in [6.07, 6.45) is 0.750. The highest BCUT2D eigenvalue weighted by Crippen LogP contribution is 2.41. The second-order valence-electron chi connectivity index (χ2n) is 6.94. The van der Waals surface area contributed by atoms with Crippen molar-refractivity contribution in [1.29, 1.82) is 0 Å². The monoisotopic (exact) mass is 419 g/mol. The average molecular weight is 419 g/mol. The zero-order valence-electron chi connectivity index (χ0n) is 16.3. The minimum atomic E-state index is -0.700. The van der Waals surface area contributed by atoms with Gasteiger partial charge >= 0.3 is 11.9 Å². The molecular formula is C20H21NO7S. The summed E-state index contributed by atoms with van der Waals surface area (Å²) in [4.78, 5) is 35.8. The van der Waals surface area contributed by atoms with Crippen LogP contribution in [0.3, 0.4) is 0 Å². The number of hydrogen-bond donors (Lipinski definition) is 1. The van der Waals surface area contributed by atoms with E-state index < -0.39 is 24.5 Å². The number of esters is 2. The fourth-order valence-corrected chi connectivity index (χ4v) is 3.64. The first-order valence-electron chi connectivity index (χ1n) is 8.84. The van der Waals surface area contributed by atoms with E-state index in [1.807, 2.05) is 26.0 Å². The van der Waals surface area contributed by atoms with Crippen molar-refractivity contribution in [2.75, 3.05) is 25.6 Å². The number of thiophene rings is 1. The van der Waals surface area contributed by atoms with Gasteiger partial charge in [0.2, 0.25) is 0 Å². The predicted molar refractivity (Wildman–Crippen MR) is 106 cm³/mol. The van der Waals surface area contributed by atoms with E-state index in [-0.39, 0.29) is 17.1 Å². The Morgan fingerprint density at radius 2 is 2.00 bits per heavy atom. The van der Waals surface area contributed by atoms with Gasteiger partial charge in [0.15, 0.2) is 24.7 Å². The zero-order valence-corrected chi connectivity index (χ0v) is 17.1. The number of para-hydroxylation sites is 1. The van der Waals surface area contributed by atoms with Crippen molar-refractivity contribution in [3.63, 3.8) is 0 Å². The largest absolute Gasteiger partial charge is 0.483 e. The third kappa shape index (κ3) is 5.05. The number of hydrogen-bond acceptors (Lipinski definition) is 8. The van der Waals surface area contributed by atoms with Crippen LogP contribution < -0.4 is 14.8 Å². The van der Waals surface area contributed by atoms with Crippen LogP contribution in [0.5, 0.6) is 11.5 Å². The number of fused-ring (bicyclic) bond motifs is 1. The molecule has 1 amide bonds. The number of amides is 1. The van der Waals surface area contributed by atoms with Gasteiger partial charge < -0.3 is 24.3 Å². The molecule has 154 valence electrons. The van der Waals surface area contributed by atoms with Gasteiger partial charge in [0.1, 0.15) is 10.5 Å². The van der Waals surface area contributed by atoms with E-state index in [0.717, 1.165) is 23.3 Å². The van der Waals surface area contributed by atoms with Crippen LogP contribution in [0, 0.1) is 0 Å². The topological polar surface area (TPSA) is 100 Å². The third-order valence-corrected chi connectivity index (χ3v) is 4.97. The van der Waals surface area contributed by atoms with Crippen LogP contribution in [-0.4, -0.2) is 43.8 Å². The molecule has 0 radical (unpaired) electrons. The summed E-state index contributed by atoms with van der Waals surface area (Å²) in [5, 5.41) is 4.15. The van der Waals surface area contributed by atoms with Crippen molar-refractivity contribution in [2.24, 2.45) is 0 Å². The molecule has 0 saturated heterocycles. The molecule has 1 aromatic carbocycles. The molecule has 0 aliphatic carbocycles. The van der Waals surface area contributed by atoms with Crippen molar-refractivity contribution >= 4 is 34.9 Å². The molecule has 1 N–H and O–H groups in total. The normalized spacial score (nSPS) is 13.8. The van der Waals surface area contributed by atoms with E-state index in [1.54, 1.807) is 17.5 Å². The molecule has 2 heterocycles. The average Bonchev–Trinajstić information content (AvgIpc) is 3.26. The van der Waals surface area contributed by atoms with E-state index >= 15 is 0 Å². The van der Waals surface area contributed by atoms with Gasteiger partial charge in [-0.25, -0.2) is 9.59 Å². The lowest BCUT2D eigenvalue weighted by Crippen LogP contribution is -2.25. The molecule has 0 atom stereocenters. The maximum absolute atomic E-state index is 12.0. The van der Waals surface area contributed by atoms with Crippen LogP contribution in [0.2, 0.25) is 0 Å². The van der Waals surface area contributed by atoms with Crippen molar-refractivity contribution in [2.45, 2.75) is 25.9 Å². The number of methoxy groups -OCH3 is 1. The Kier molecular flexibility index (Phi) is 6.07. The van der Waals surface area contributed by atoms with Crippen molar-refractivity contribution in [1.82, 2.24) is 0 Å². The molecule has 1 aliphatic rings. The molecule has 0 saturated carbocycles. The number of benzene rings is 1. The number of anilines is 1. The molecular weight excluding hydrogens is 398 g/mol. The number of rotatable bonds is 7. The maximum atomic E-state index is 12.0. The first kappa shape index (κ1) is 20.7. The van der Waals surface area contributed by atoms with Crippen LogP contribution in [0.15, 0.2) is 29.6 Å². The molecule has 29 heavy (non-hydrogen) atoms. The van der Waals surface area contributed by atoms with Crippen LogP contribution >= 0.6 is 11.3 Å². The lowest BCUT2D eigenvalue weighted by atomic mass is 10.0. The Bertz CT molecular complexity index is 935. The summed E-state index contributed by atoms with van der Waals surface area (Å²) >= 11 is 1.13. The maximum Gasteiger partial charge on any atom is 0.350 e. The van der Waals surface area contributed by atoms with Crippen molar-refractivity contribution in [3.8, 4) is 11.5 Å². The quantitative estimate of drug-likeness (QED) is 0.689. The van der Waals surface area contributed by atoms with Crippen LogP contribution in [0.25, 0.3) is 0 Å². The summed E-state index contributed by atoms with van der Waals surface area (Å²) in [6.45, 7) is 3.08. The Morgan fingerprint density at radius 1 is 1.21 bits per heavy atom. The summed E-state index contributed by atoms with van der Waals surface area (Å²) < 4.78 is 21.0. The molecule has 0 fully saturated rings. The molecule has 0 bridgehead atoms. The molecule has 1 aromatic heterocycles.